The minimum atomic E-state index is -3.34. The van der Waals surface area contributed by atoms with Gasteiger partial charge in [-0.2, -0.15) is 0 Å². The number of hydrogen-bond donors (Lipinski definition) is 1. The lowest BCUT2D eigenvalue weighted by atomic mass is 10.3. The van der Waals surface area contributed by atoms with Gasteiger partial charge >= 0.3 is 0 Å². The van der Waals surface area contributed by atoms with Crippen LogP contribution in [-0.2, 0) is 10.0 Å². The Morgan fingerprint density at radius 3 is 2.36 bits per heavy atom. The van der Waals surface area contributed by atoms with Crippen LogP contribution in [0.15, 0.2) is 24.3 Å². The molecule has 0 heterocycles. The van der Waals surface area contributed by atoms with E-state index in [1.54, 1.807) is 12.1 Å². The minimum absolute atomic E-state index is 0.00101. The fraction of sp³-hybridized carbons (Fsp3) is 0.250. The molecular weight excluding hydrogens is 315 g/mol. The van der Waals surface area contributed by atoms with E-state index in [0.717, 1.165) is 3.57 Å². The van der Waals surface area contributed by atoms with Crippen molar-refractivity contribution in [1.82, 2.24) is 0 Å². The van der Waals surface area contributed by atoms with Gasteiger partial charge < -0.3 is 10.5 Å². The Morgan fingerprint density at radius 1 is 1.29 bits per heavy atom. The molecule has 0 radical (unpaired) electrons. The first kappa shape index (κ1) is 11.7. The maximum atomic E-state index is 11.3. The van der Waals surface area contributed by atoms with Gasteiger partial charge in [0.25, 0.3) is 0 Å². The summed E-state index contributed by atoms with van der Waals surface area (Å²) in [7, 11) is -3.34. The van der Waals surface area contributed by atoms with Gasteiger partial charge in [-0.3, -0.25) is 0 Å². The average molecular weight is 326 g/mol. The molecule has 1 aromatic carbocycles. The molecule has 78 valence electrons. The first-order chi connectivity index (χ1) is 6.53. The second-order valence-corrected chi connectivity index (χ2v) is 5.71. The van der Waals surface area contributed by atoms with Crippen molar-refractivity contribution in [3.05, 3.63) is 32.6 Å². The SMILES string of the molecule is [NH3+]CCS(=O)(=O)[N-]c1ccc(I)cc1. The highest BCUT2D eigenvalue weighted by Gasteiger charge is 1.98. The van der Waals surface area contributed by atoms with Crippen molar-refractivity contribution in [3.8, 4) is 0 Å². The third-order valence-electron chi connectivity index (χ3n) is 1.47. The molecule has 0 fully saturated rings. The van der Waals surface area contributed by atoms with Crippen molar-refractivity contribution in [3.63, 3.8) is 0 Å². The topological polar surface area (TPSA) is 75.9 Å². The van der Waals surface area contributed by atoms with E-state index in [0.29, 0.717) is 12.2 Å². The van der Waals surface area contributed by atoms with Crippen LogP contribution in [0.1, 0.15) is 0 Å². The molecule has 0 aliphatic carbocycles. The van der Waals surface area contributed by atoms with Crippen LogP contribution in [0.2, 0.25) is 0 Å². The normalized spacial score (nSPS) is 11.3. The molecule has 0 saturated carbocycles. The van der Waals surface area contributed by atoms with Crippen LogP contribution in [-0.4, -0.2) is 20.7 Å². The van der Waals surface area contributed by atoms with Crippen LogP contribution in [0.4, 0.5) is 5.69 Å². The maximum Gasteiger partial charge on any atom is 0.0993 e. The van der Waals surface area contributed by atoms with Crippen molar-refractivity contribution in [2.75, 3.05) is 12.3 Å². The van der Waals surface area contributed by atoms with E-state index < -0.39 is 10.0 Å². The second kappa shape index (κ2) is 4.94. The summed E-state index contributed by atoms with van der Waals surface area (Å²) in [6.45, 7) is 0.343. The number of rotatable bonds is 4. The predicted octanol–water partition coefficient (Wildman–Crippen LogP) is 0.868. The summed E-state index contributed by atoms with van der Waals surface area (Å²) >= 11 is 2.15. The smallest absolute Gasteiger partial charge is 0.0993 e. The van der Waals surface area contributed by atoms with Gasteiger partial charge in [0.15, 0.2) is 0 Å². The Labute approximate surface area is 97.1 Å². The Bertz CT molecular complexity index is 388. The molecule has 6 heteroatoms. The van der Waals surface area contributed by atoms with Crippen LogP contribution in [0.3, 0.4) is 0 Å². The lowest BCUT2D eigenvalue weighted by Crippen LogP contribution is -2.52. The summed E-state index contributed by atoms with van der Waals surface area (Å²) in [5.41, 5.74) is 3.96. The van der Waals surface area contributed by atoms with Crippen LogP contribution in [0, 0.1) is 3.57 Å². The van der Waals surface area contributed by atoms with Gasteiger partial charge in [0, 0.05) is 3.57 Å². The minimum Gasteiger partial charge on any atom is -0.577 e. The number of sulfonamides is 1. The fourth-order valence-corrected chi connectivity index (χ4v) is 2.15. The van der Waals surface area contributed by atoms with Gasteiger partial charge in [0.2, 0.25) is 0 Å². The van der Waals surface area contributed by atoms with Gasteiger partial charge in [-0.25, -0.2) is 8.42 Å². The molecule has 0 bridgehead atoms. The second-order valence-electron chi connectivity index (χ2n) is 2.71. The van der Waals surface area contributed by atoms with E-state index >= 15 is 0 Å². The molecule has 14 heavy (non-hydrogen) atoms. The number of halogens is 1. The standard InChI is InChI=1S/C8H10IN2O2S/c9-7-1-3-8(4-2-7)11-14(12,13)6-5-10/h1-4H,5-6,10H2/q-1/p+1. The quantitative estimate of drug-likeness (QED) is 0.834. The molecule has 0 unspecified atom stereocenters. The number of quaternary nitrogens is 1. The van der Waals surface area contributed by atoms with E-state index in [1.807, 2.05) is 12.1 Å². The lowest BCUT2D eigenvalue weighted by molar-refractivity contribution is -0.360. The van der Waals surface area contributed by atoms with Crippen molar-refractivity contribution >= 4 is 38.3 Å². The molecule has 1 rings (SSSR count). The highest BCUT2D eigenvalue weighted by Crippen LogP contribution is 2.22. The van der Waals surface area contributed by atoms with Gasteiger partial charge in [-0.15, -0.1) is 5.69 Å². The molecule has 0 amide bonds. The number of hydrogen-bond acceptors (Lipinski definition) is 2. The molecule has 0 atom stereocenters. The molecule has 0 aliphatic heterocycles. The summed E-state index contributed by atoms with van der Waals surface area (Å²) in [4.78, 5) is 0. The van der Waals surface area contributed by atoms with Crippen molar-refractivity contribution < 1.29 is 14.2 Å². The van der Waals surface area contributed by atoms with Gasteiger partial charge in [0.05, 0.1) is 22.3 Å². The third kappa shape index (κ3) is 3.81. The predicted molar refractivity (Wildman–Crippen MR) is 63.7 cm³/mol. The number of benzene rings is 1. The first-order valence-corrected chi connectivity index (χ1v) is 6.73. The largest absolute Gasteiger partial charge is 0.577 e. The molecule has 0 aromatic heterocycles. The molecule has 0 spiro atoms. The van der Waals surface area contributed by atoms with E-state index in [9.17, 15) is 8.42 Å². The zero-order valence-electron chi connectivity index (χ0n) is 7.48. The zero-order valence-corrected chi connectivity index (χ0v) is 10.5. The lowest BCUT2D eigenvalue weighted by Gasteiger charge is -2.20. The molecule has 4 nitrogen and oxygen atoms in total. The Kier molecular flexibility index (Phi) is 4.14. The van der Waals surface area contributed by atoms with Gasteiger partial charge in [0.1, 0.15) is 0 Å². The first-order valence-electron chi connectivity index (χ1n) is 4.04. The van der Waals surface area contributed by atoms with Crippen LogP contribution in [0.25, 0.3) is 4.72 Å². The molecule has 0 saturated heterocycles. The highest BCUT2D eigenvalue weighted by atomic mass is 127. The van der Waals surface area contributed by atoms with Gasteiger partial charge in [-0.1, -0.05) is 24.3 Å². The average Bonchev–Trinajstić information content (AvgIpc) is 2.08. The molecule has 3 N–H and O–H groups in total. The number of nitrogens with zero attached hydrogens (tertiary/aromatic N) is 1. The maximum absolute atomic E-state index is 11.3. The third-order valence-corrected chi connectivity index (χ3v) is 3.49. The van der Waals surface area contributed by atoms with Crippen LogP contribution < -0.4 is 5.73 Å². The van der Waals surface area contributed by atoms with E-state index in [-0.39, 0.29) is 5.75 Å². The van der Waals surface area contributed by atoms with E-state index in [4.69, 9.17) is 0 Å². The summed E-state index contributed by atoms with van der Waals surface area (Å²) < 4.78 is 27.3. The fourth-order valence-electron chi connectivity index (χ4n) is 0.891. The molecule has 0 aliphatic rings. The summed E-state index contributed by atoms with van der Waals surface area (Å²) in [6.07, 6.45) is 0. The Hall–Kier alpha value is -0.340. The monoisotopic (exact) mass is 326 g/mol. The van der Waals surface area contributed by atoms with Crippen molar-refractivity contribution in [2.24, 2.45) is 0 Å². The van der Waals surface area contributed by atoms with Crippen molar-refractivity contribution in [1.29, 1.82) is 0 Å². The summed E-state index contributed by atoms with van der Waals surface area (Å²) in [6, 6.07) is 7.00. The summed E-state index contributed by atoms with van der Waals surface area (Å²) in [5, 5.41) is 0. The Balaban J connectivity index is 2.74. The Morgan fingerprint density at radius 2 is 1.86 bits per heavy atom. The van der Waals surface area contributed by atoms with Crippen molar-refractivity contribution in [2.45, 2.75) is 0 Å². The van der Waals surface area contributed by atoms with Crippen LogP contribution >= 0.6 is 22.6 Å². The highest BCUT2D eigenvalue weighted by molar-refractivity contribution is 14.1. The van der Waals surface area contributed by atoms with E-state index in [2.05, 4.69) is 33.0 Å². The molecular formula is C8H11IN2O2S. The molecule has 1 aromatic rings. The summed E-state index contributed by atoms with van der Waals surface area (Å²) in [5.74, 6) is -0.00101. The zero-order chi connectivity index (χ0) is 10.6. The van der Waals surface area contributed by atoms with E-state index in [1.165, 1.54) is 0 Å². The van der Waals surface area contributed by atoms with Gasteiger partial charge in [-0.05, 0) is 22.6 Å². The van der Waals surface area contributed by atoms with Crippen LogP contribution in [0.5, 0.6) is 0 Å².